The lowest BCUT2D eigenvalue weighted by Crippen LogP contribution is -2.44. The van der Waals surface area contributed by atoms with Gasteiger partial charge in [-0.25, -0.2) is 9.18 Å². The molecule has 8 heteroatoms. The van der Waals surface area contributed by atoms with Gasteiger partial charge < -0.3 is 19.7 Å². The average molecular weight is 421 g/mol. The third kappa shape index (κ3) is 4.79. The highest BCUT2D eigenvalue weighted by molar-refractivity contribution is 6.31. The number of nitrogens with zero attached hydrogens (tertiary/aromatic N) is 1. The predicted molar refractivity (Wildman–Crippen MR) is 109 cm³/mol. The number of rotatable bonds is 5. The Hall–Kier alpha value is -2.80. The fraction of sp³-hybridized carbons (Fsp3) is 0.333. The van der Waals surface area contributed by atoms with E-state index in [4.69, 9.17) is 21.1 Å². The number of halogens is 2. The van der Waals surface area contributed by atoms with Crippen LogP contribution in [0.1, 0.15) is 23.2 Å². The van der Waals surface area contributed by atoms with Crippen LogP contribution in [0.5, 0.6) is 11.5 Å². The minimum absolute atomic E-state index is 0.191. The molecule has 0 bridgehead atoms. The van der Waals surface area contributed by atoms with Crippen molar-refractivity contribution >= 4 is 29.1 Å². The van der Waals surface area contributed by atoms with E-state index >= 15 is 0 Å². The van der Waals surface area contributed by atoms with Crippen molar-refractivity contribution in [1.82, 2.24) is 4.90 Å². The summed E-state index contributed by atoms with van der Waals surface area (Å²) in [5.74, 6) is -0.378. The second-order valence-corrected chi connectivity index (χ2v) is 7.21. The smallest absolute Gasteiger partial charge is 0.321 e. The second kappa shape index (κ2) is 9.13. The maximum Gasteiger partial charge on any atom is 0.321 e. The first-order valence-electron chi connectivity index (χ1n) is 9.20. The monoisotopic (exact) mass is 420 g/mol. The Morgan fingerprint density at radius 2 is 1.86 bits per heavy atom. The van der Waals surface area contributed by atoms with Crippen LogP contribution in [0.4, 0.5) is 14.9 Å². The van der Waals surface area contributed by atoms with Crippen molar-refractivity contribution in [2.45, 2.75) is 12.8 Å². The van der Waals surface area contributed by atoms with E-state index in [1.54, 1.807) is 23.1 Å². The van der Waals surface area contributed by atoms with Crippen LogP contribution >= 0.6 is 11.6 Å². The van der Waals surface area contributed by atoms with Crippen molar-refractivity contribution in [2.24, 2.45) is 5.92 Å². The van der Waals surface area contributed by atoms with Gasteiger partial charge in [-0.15, -0.1) is 0 Å². The number of amides is 2. The number of urea groups is 1. The van der Waals surface area contributed by atoms with E-state index < -0.39 is 11.7 Å². The van der Waals surface area contributed by atoms with Crippen molar-refractivity contribution < 1.29 is 23.5 Å². The molecule has 0 spiro atoms. The number of methoxy groups -OCH3 is 2. The Labute approximate surface area is 173 Å². The molecule has 2 amide bonds. The SMILES string of the molecule is COc1ccc(Cl)cc1NC(=O)N1CCCC(C(=O)c2cc(F)ccc2OC)C1. The predicted octanol–water partition coefficient (Wildman–Crippen LogP) is 4.62. The molecule has 0 aliphatic carbocycles. The third-order valence-corrected chi connectivity index (χ3v) is 5.14. The molecule has 0 radical (unpaired) electrons. The van der Waals surface area contributed by atoms with Gasteiger partial charge in [-0.05, 0) is 49.2 Å². The Morgan fingerprint density at radius 3 is 2.59 bits per heavy atom. The average Bonchev–Trinajstić information content (AvgIpc) is 2.73. The number of likely N-dealkylation sites (tertiary alicyclic amines) is 1. The van der Waals surface area contributed by atoms with E-state index in [0.29, 0.717) is 41.6 Å². The van der Waals surface area contributed by atoms with Crippen LogP contribution in [0.25, 0.3) is 0 Å². The molecule has 1 aliphatic heterocycles. The fourth-order valence-electron chi connectivity index (χ4n) is 3.44. The summed E-state index contributed by atoms with van der Waals surface area (Å²) in [7, 11) is 2.93. The number of piperidine rings is 1. The minimum atomic E-state index is -0.507. The molecular weight excluding hydrogens is 399 g/mol. The van der Waals surface area contributed by atoms with E-state index in [1.807, 2.05) is 0 Å². The quantitative estimate of drug-likeness (QED) is 0.716. The molecule has 0 saturated carbocycles. The third-order valence-electron chi connectivity index (χ3n) is 4.91. The summed E-state index contributed by atoms with van der Waals surface area (Å²) < 4.78 is 24.1. The second-order valence-electron chi connectivity index (χ2n) is 6.77. The van der Waals surface area contributed by atoms with Crippen LogP contribution < -0.4 is 14.8 Å². The Balaban J connectivity index is 1.74. The highest BCUT2D eigenvalue weighted by Gasteiger charge is 2.31. The van der Waals surface area contributed by atoms with Gasteiger partial charge in [-0.2, -0.15) is 0 Å². The molecule has 3 rings (SSSR count). The van der Waals surface area contributed by atoms with Crippen LogP contribution in [0.15, 0.2) is 36.4 Å². The number of benzene rings is 2. The summed E-state index contributed by atoms with van der Waals surface area (Å²) in [5, 5.41) is 3.25. The molecule has 2 aromatic carbocycles. The van der Waals surface area contributed by atoms with Crippen molar-refractivity contribution in [3.05, 3.63) is 52.8 Å². The van der Waals surface area contributed by atoms with Gasteiger partial charge in [0.05, 0.1) is 25.5 Å². The molecule has 1 N–H and O–H groups in total. The fourth-order valence-corrected chi connectivity index (χ4v) is 3.61. The maximum absolute atomic E-state index is 13.7. The highest BCUT2D eigenvalue weighted by atomic mass is 35.5. The van der Waals surface area contributed by atoms with Crippen molar-refractivity contribution in [3.8, 4) is 11.5 Å². The van der Waals surface area contributed by atoms with Crippen molar-refractivity contribution in [2.75, 3.05) is 32.6 Å². The molecule has 1 saturated heterocycles. The van der Waals surface area contributed by atoms with Crippen LogP contribution in [-0.2, 0) is 0 Å². The number of ether oxygens (including phenoxy) is 2. The van der Waals surface area contributed by atoms with Gasteiger partial charge in [0.25, 0.3) is 0 Å². The summed E-state index contributed by atoms with van der Waals surface area (Å²) >= 11 is 6.01. The van der Waals surface area contributed by atoms with Crippen LogP contribution in [0, 0.1) is 11.7 Å². The number of anilines is 1. The lowest BCUT2D eigenvalue weighted by Gasteiger charge is -2.32. The molecule has 2 aromatic rings. The van der Waals surface area contributed by atoms with Crippen LogP contribution in [0.3, 0.4) is 0 Å². The zero-order valence-electron chi connectivity index (χ0n) is 16.2. The largest absolute Gasteiger partial charge is 0.496 e. The Bertz CT molecular complexity index is 922. The summed E-state index contributed by atoms with van der Waals surface area (Å²) in [5.41, 5.74) is 0.640. The molecule has 1 fully saturated rings. The highest BCUT2D eigenvalue weighted by Crippen LogP contribution is 2.30. The zero-order valence-corrected chi connectivity index (χ0v) is 17.0. The van der Waals surface area contributed by atoms with E-state index in [9.17, 15) is 14.0 Å². The van der Waals surface area contributed by atoms with E-state index in [-0.39, 0.29) is 23.9 Å². The molecule has 154 valence electrons. The Kier molecular flexibility index (Phi) is 6.59. The summed E-state index contributed by atoms with van der Waals surface area (Å²) in [6.45, 7) is 0.742. The first kappa shape index (κ1) is 20.9. The van der Waals surface area contributed by atoms with Gasteiger partial charge >= 0.3 is 6.03 Å². The Morgan fingerprint density at radius 1 is 1.14 bits per heavy atom. The van der Waals surface area contributed by atoms with E-state index in [2.05, 4.69) is 5.32 Å². The lowest BCUT2D eigenvalue weighted by atomic mass is 9.89. The first-order valence-corrected chi connectivity index (χ1v) is 9.58. The summed E-state index contributed by atoms with van der Waals surface area (Å²) in [6, 6.07) is 8.43. The van der Waals surface area contributed by atoms with Gasteiger partial charge in [0, 0.05) is 24.0 Å². The van der Waals surface area contributed by atoms with Crippen LogP contribution in [-0.4, -0.2) is 44.0 Å². The molecule has 6 nitrogen and oxygen atoms in total. The van der Waals surface area contributed by atoms with Crippen molar-refractivity contribution in [3.63, 3.8) is 0 Å². The lowest BCUT2D eigenvalue weighted by molar-refractivity contribution is 0.0848. The molecule has 1 heterocycles. The number of hydrogen-bond donors (Lipinski definition) is 1. The number of ketones is 1. The molecule has 29 heavy (non-hydrogen) atoms. The molecule has 0 aromatic heterocycles. The number of hydrogen-bond acceptors (Lipinski definition) is 4. The van der Waals surface area contributed by atoms with Crippen molar-refractivity contribution in [1.29, 1.82) is 0 Å². The summed E-state index contributed by atoms with van der Waals surface area (Å²) in [6.07, 6.45) is 1.27. The number of carbonyl (C=O) groups is 2. The maximum atomic E-state index is 13.7. The van der Waals surface area contributed by atoms with Gasteiger partial charge in [0.1, 0.15) is 17.3 Å². The first-order chi connectivity index (χ1) is 13.9. The molecule has 1 unspecified atom stereocenters. The van der Waals surface area contributed by atoms with Gasteiger partial charge in [0.2, 0.25) is 0 Å². The number of Topliss-reactive ketones (excluding diaryl/α,β-unsaturated/α-hetero) is 1. The molecule has 1 atom stereocenters. The molecular formula is C21H22ClFN2O4. The minimum Gasteiger partial charge on any atom is -0.496 e. The van der Waals surface area contributed by atoms with Gasteiger partial charge in [-0.1, -0.05) is 11.6 Å². The normalized spacial score (nSPS) is 16.3. The number of nitrogens with one attached hydrogen (secondary N) is 1. The molecule has 1 aliphatic rings. The standard InChI is InChI=1S/C21H22ClFN2O4/c1-28-18-8-6-15(23)11-16(18)20(26)13-4-3-9-25(12-13)21(27)24-17-10-14(22)5-7-19(17)29-2/h5-8,10-11,13H,3-4,9,12H2,1-2H3,(H,24,27). The summed E-state index contributed by atoms with van der Waals surface area (Å²) in [4.78, 5) is 27.3. The zero-order chi connectivity index (χ0) is 21.0. The van der Waals surface area contributed by atoms with Gasteiger partial charge in [-0.3, -0.25) is 4.79 Å². The topological polar surface area (TPSA) is 67.9 Å². The van der Waals surface area contributed by atoms with Gasteiger partial charge in [0.15, 0.2) is 5.78 Å². The van der Waals surface area contributed by atoms with E-state index in [1.165, 1.54) is 32.4 Å². The number of carbonyl (C=O) groups excluding carboxylic acids is 2. The van der Waals surface area contributed by atoms with Crippen LogP contribution in [0.2, 0.25) is 5.02 Å². The van der Waals surface area contributed by atoms with E-state index in [0.717, 1.165) is 0 Å².